The van der Waals surface area contributed by atoms with Crippen molar-refractivity contribution in [1.82, 2.24) is 10.2 Å². The summed E-state index contributed by atoms with van der Waals surface area (Å²) in [6, 6.07) is 0. The Labute approximate surface area is 117 Å². The minimum Gasteiger partial charge on any atom is -0.387 e. The summed E-state index contributed by atoms with van der Waals surface area (Å²) in [5.74, 6) is 0.404. The van der Waals surface area contributed by atoms with Crippen LogP contribution >= 0.6 is 9.47 Å². The lowest BCUT2D eigenvalue weighted by molar-refractivity contribution is -0.0714. The number of fused-ring (bicyclic) bond motifs is 1. The molecule has 1 saturated heterocycles. The quantitative estimate of drug-likeness (QED) is 0.431. The molecule has 0 aromatic rings. The Bertz CT molecular complexity index is 484. The van der Waals surface area contributed by atoms with Crippen LogP contribution in [-0.4, -0.2) is 65.1 Å². The minimum absolute atomic E-state index is 0.157. The van der Waals surface area contributed by atoms with Crippen LogP contribution in [0.4, 0.5) is 0 Å². The van der Waals surface area contributed by atoms with Crippen LogP contribution in [-0.2, 0) is 9.26 Å². The Balaban J connectivity index is 1.79. The second-order valence-corrected chi connectivity index (χ2v) is 5.00. The number of nitrogens with zero attached hydrogens (tertiary/aromatic N) is 3. The SMILES string of the molecule is NC1=C2N=CN([C@@H]3O[C@H](COP)C(O)C3O)C2N=CN1. The molecule has 0 aliphatic carbocycles. The zero-order chi connectivity index (χ0) is 14.3. The zero-order valence-corrected chi connectivity index (χ0v) is 11.6. The molecule has 10 heteroatoms. The Hall–Kier alpha value is -1.25. The number of nitrogens with two attached hydrogens (primary N) is 1. The molecule has 3 rings (SSSR count). The summed E-state index contributed by atoms with van der Waals surface area (Å²) < 4.78 is 10.5. The van der Waals surface area contributed by atoms with Crippen LogP contribution in [0.15, 0.2) is 21.5 Å². The first kappa shape index (κ1) is 13.7. The number of aliphatic imine (C=N–C) groups is 2. The van der Waals surface area contributed by atoms with E-state index in [1.807, 2.05) is 0 Å². The van der Waals surface area contributed by atoms with Crippen LogP contribution in [0.5, 0.6) is 0 Å². The van der Waals surface area contributed by atoms with E-state index in [-0.39, 0.29) is 6.61 Å². The van der Waals surface area contributed by atoms with E-state index in [1.54, 1.807) is 4.90 Å². The van der Waals surface area contributed by atoms with Crippen LogP contribution in [0.2, 0.25) is 0 Å². The van der Waals surface area contributed by atoms with E-state index in [4.69, 9.17) is 15.0 Å². The van der Waals surface area contributed by atoms with Crippen molar-refractivity contribution in [3.8, 4) is 0 Å². The first-order valence-electron chi connectivity index (χ1n) is 6.06. The van der Waals surface area contributed by atoms with E-state index in [0.717, 1.165) is 0 Å². The number of hydrogen-bond acceptors (Lipinski definition) is 9. The number of hydrogen-bond donors (Lipinski definition) is 4. The van der Waals surface area contributed by atoms with Crippen molar-refractivity contribution in [3.63, 3.8) is 0 Å². The van der Waals surface area contributed by atoms with E-state index in [9.17, 15) is 10.2 Å². The van der Waals surface area contributed by atoms with Gasteiger partial charge in [0.25, 0.3) is 0 Å². The van der Waals surface area contributed by atoms with Gasteiger partial charge in [0.1, 0.15) is 29.8 Å². The van der Waals surface area contributed by atoms with Crippen LogP contribution in [0, 0.1) is 0 Å². The van der Waals surface area contributed by atoms with Crippen molar-refractivity contribution < 1.29 is 19.5 Å². The highest BCUT2D eigenvalue weighted by molar-refractivity contribution is 7.09. The standard InChI is InChI=1S/C10H16N5O4P/c11-8-5-9(13-2-12-8)15(3-14-5)10-7(17)6(16)4(19-10)1-18-20/h2-4,6-7,9-10,16-17H,1,11,20H2,(H,12,13)/t4-,6?,7?,9?,10-/m1/s1. The Kier molecular flexibility index (Phi) is 3.61. The summed E-state index contributed by atoms with van der Waals surface area (Å²) in [7, 11) is 2.08. The Morgan fingerprint density at radius 1 is 1.50 bits per heavy atom. The maximum Gasteiger partial charge on any atom is 0.172 e. The normalized spacial score (nSPS) is 39.4. The summed E-state index contributed by atoms with van der Waals surface area (Å²) in [6.45, 7) is 0.157. The smallest absolute Gasteiger partial charge is 0.172 e. The number of nitrogens with one attached hydrogen (secondary N) is 1. The molecular formula is C10H16N5O4P. The van der Waals surface area contributed by atoms with Crippen molar-refractivity contribution in [2.75, 3.05) is 6.61 Å². The molecule has 20 heavy (non-hydrogen) atoms. The van der Waals surface area contributed by atoms with E-state index in [2.05, 4.69) is 24.8 Å². The highest BCUT2D eigenvalue weighted by Gasteiger charge is 2.48. The van der Waals surface area contributed by atoms with E-state index in [0.29, 0.717) is 11.5 Å². The van der Waals surface area contributed by atoms with Gasteiger partial charge in [-0.2, -0.15) is 0 Å². The molecule has 3 heterocycles. The molecule has 6 atom stereocenters. The molecule has 0 saturated carbocycles. The van der Waals surface area contributed by atoms with Gasteiger partial charge in [-0.3, -0.25) is 0 Å². The molecule has 0 spiro atoms. The van der Waals surface area contributed by atoms with E-state index < -0.39 is 30.7 Å². The fraction of sp³-hybridized carbons (Fsp3) is 0.600. The fourth-order valence-corrected chi connectivity index (χ4v) is 2.61. The summed E-state index contributed by atoms with van der Waals surface area (Å²) in [5, 5.41) is 22.8. The predicted molar refractivity (Wildman–Crippen MR) is 73.3 cm³/mol. The third-order valence-electron chi connectivity index (χ3n) is 3.46. The largest absolute Gasteiger partial charge is 0.387 e. The first-order valence-corrected chi connectivity index (χ1v) is 6.53. The van der Waals surface area contributed by atoms with Gasteiger partial charge in [0.2, 0.25) is 0 Å². The van der Waals surface area contributed by atoms with Gasteiger partial charge >= 0.3 is 0 Å². The Morgan fingerprint density at radius 3 is 3.05 bits per heavy atom. The van der Waals surface area contributed by atoms with Gasteiger partial charge in [0, 0.05) is 9.47 Å². The molecule has 1 fully saturated rings. The van der Waals surface area contributed by atoms with E-state index >= 15 is 0 Å². The second kappa shape index (κ2) is 5.27. The fourth-order valence-electron chi connectivity index (χ4n) is 2.42. The molecule has 0 aromatic carbocycles. The highest BCUT2D eigenvalue weighted by atomic mass is 31.0. The molecule has 0 bridgehead atoms. The van der Waals surface area contributed by atoms with Crippen molar-refractivity contribution in [2.45, 2.75) is 30.7 Å². The number of rotatable bonds is 3. The topological polar surface area (TPSA) is 125 Å². The van der Waals surface area contributed by atoms with Gasteiger partial charge in [-0.25, -0.2) is 9.98 Å². The Morgan fingerprint density at radius 2 is 2.30 bits per heavy atom. The van der Waals surface area contributed by atoms with Gasteiger partial charge in [0.15, 0.2) is 12.4 Å². The van der Waals surface area contributed by atoms with Crippen molar-refractivity contribution in [3.05, 3.63) is 11.5 Å². The van der Waals surface area contributed by atoms with Gasteiger partial charge in [-0.1, -0.05) is 0 Å². The number of aliphatic hydroxyl groups is 2. The molecule has 5 N–H and O–H groups in total. The van der Waals surface area contributed by atoms with Crippen molar-refractivity contribution >= 4 is 22.1 Å². The third-order valence-corrected chi connectivity index (χ3v) is 3.65. The van der Waals surface area contributed by atoms with Crippen molar-refractivity contribution in [1.29, 1.82) is 0 Å². The maximum absolute atomic E-state index is 10.1. The third kappa shape index (κ3) is 2.07. The average Bonchev–Trinajstić information content (AvgIpc) is 2.97. The summed E-state index contributed by atoms with van der Waals surface area (Å²) >= 11 is 0. The maximum atomic E-state index is 10.1. The zero-order valence-electron chi connectivity index (χ0n) is 10.5. The van der Waals surface area contributed by atoms with Crippen LogP contribution < -0.4 is 11.1 Å². The molecule has 4 unspecified atom stereocenters. The minimum atomic E-state index is -1.09. The van der Waals surface area contributed by atoms with Gasteiger partial charge in [0.05, 0.1) is 19.3 Å². The molecule has 0 aromatic heterocycles. The molecule has 0 amide bonds. The van der Waals surface area contributed by atoms with Gasteiger partial charge < -0.3 is 35.4 Å². The molecule has 3 aliphatic heterocycles. The number of ether oxygens (including phenoxy) is 1. The summed E-state index contributed by atoms with van der Waals surface area (Å²) in [6.07, 6.45) is -0.990. The predicted octanol–water partition coefficient (Wildman–Crippen LogP) is -2.33. The summed E-state index contributed by atoms with van der Waals surface area (Å²) in [4.78, 5) is 10.0. The molecule has 3 aliphatic rings. The average molecular weight is 301 g/mol. The van der Waals surface area contributed by atoms with Crippen molar-refractivity contribution in [2.24, 2.45) is 15.7 Å². The molecule has 110 valence electrons. The highest BCUT2D eigenvalue weighted by Crippen LogP contribution is 2.31. The lowest BCUT2D eigenvalue weighted by Crippen LogP contribution is -2.47. The van der Waals surface area contributed by atoms with Crippen LogP contribution in [0.25, 0.3) is 0 Å². The second-order valence-electron chi connectivity index (χ2n) is 4.67. The number of aliphatic hydroxyl groups excluding tert-OH is 2. The summed E-state index contributed by atoms with van der Waals surface area (Å²) in [5.41, 5.74) is 6.34. The van der Waals surface area contributed by atoms with Crippen LogP contribution in [0.1, 0.15) is 0 Å². The lowest BCUT2D eigenvalue weighted by atomic mass is 10.1. The van der Waals surface area contributed by atoms with Crippen LogP contribution in [0.3, 0.4) is 0 Å². The monoisotopic (exact) mass is 301 g/mol. The first-order chi connectivity index (χ1) is 9.63. The van der Waals surface area contributed by atoms with Gasteiger partial charge in [-0.15, -0.1) is 0 Å². The van der Waals surface area contributed by atoms with E-state index in [1.165, 1.54) is 12.7 Å². The van der Waals surface area contributed by atoms with Gasteiger partial charge in [-0.05, 0) is 0 Å². The molecule has 9 nitrogen and oxygen atoms in total. The molecule has 0 radical (unpaired) electrons. The lowest BCUT2D eigenvalue weighted by Gasteiger charge is -2.30. The molecular weight excluding hydrogens is 285 g/mol.